The quantitative estimate of drug-likeness (QED) is 0.618. The molecule has 0 aromatic heterocycles. The monoisotopic (exact) mass is 301 g/mol. The summed E-state index contributed by atoms with van der Waals surface area (Å²) in [6, 6.07) is 0.502. The van der Waals surface area contributed by atoms with Gasteiger partial charge in [-0.2, -0.15) is 0 Å². The second-order valence-corrected chi connectivity index (χ2v) is 6.59. The molecule has 0 aromatic rings. The Balaban J connectivity index is 2.17. The van der Waals surface area contributed by atoms with E-state index in [-0.39, 0.29) is 0 Å². The highest BCUT2D eigenvalue weighted by atomic mass is 32.1. The Morgan fingerprint density at radius 1 is 1.30 bits per heavy atom. The number of amides is 1. The number of hydrogen-bond donors (Lipinski definition) is 2. The fraction of sp³-hybridized carbons (Fsp3) is 0.857. The number of hydrogen-bond acceptors (Lipinski definition) is 3. The largest absolute Gasteiger partial charge is 0.444 e. The van der Waals surface area contributed by atoms with E-state index < -0.39 is 11.7 Å². The summed E-state index contributed by atoms with van der Waals surface area (Å²) in [7, 11) is 0. The van der Waals surface area contributed by atoms with Crippen LogP contribution in [-0.2, 0) is 4.74 Å². The summed E-state index contributed by atoms with van der Waals surface area (Å²) in [6.45, 7) is 9.87. The topological polar surface area (TPSA) is 53.6 Å². The maximum atomic E-state index is 11.5. The third kappa shape index (κ3) is 6.41. The van der Waals surface area contributed by atoms with Crippen LogP contribution in [0.3, 0.4) is 0 Å². The first-order valence-corrected chi connectivity index (χ1v) is 7.72. The van der Waals surface area contributed by atoms with Gasteiger partial charge in [-0.3, -0.25) is 0 Å². The van der Waals surface area contributed by atoms with E-state index in [1.54, 1.807) is 0 Å². The van der Waals surface area contributed by atoms with Crippen molar-refractivity contribution in [2.75, 3.05) is 19.6 Å². The Labute approximate surface area is 127 Å². The van der Waals surface area contributed by atoms with Crippen LogP contribution in [0.15, 0.2) is 0 Å². The minimum Gasteiger partial charge on any atom is -0.444 e. The molecule has 116 valence electrons. The van der Waals surface area contributed by atoms with Crippen molar-refractivity contribution in [2.24, 2.45) is 0 Å². The van der Waals surface area contributed by atoms with Gasteiger partial charge in [-0.25, -0.2) is 4.79 Å². The zero-order valence-corrected chi connectivity index (χ0v) is 13.8. The molecule has 0 aromatic carbocycles. The van der Waals surface area contributed by atoms with Crippen LogP contribution in [0.4, 0.5) is 4.79 Å². The summed E-state index contributed by atoms with van der Waals surface area (Å²) in [5.41, 5.74) is -0.462. The number of nitrogens with zero attached hydrogens (tertiary/aromatic N) is 1. The van der Waals surface area contributed by atoms with Crippen molar-refractivity contribution in [3.63, 3.8) is 0 Å². The second kappa shape index (κ2) is 7.67. The highest BCUT2D eigenvalue weighted by Gasteiger charge is 2.20. The van der Waals surface area contributed by atoms with Gasteiger partial charge in [0, 0.05) is 25.7 Å². The predicted molar refractivity (Wildman–Crippen MR) is 84.9 cm³/mol. The van der Waals surface area contributed by atoms with E-state index in [1.165, 1.54) is 19.3 Å². The fourth-order valence-corrected chi connectivity index (χ4v) is 2.52. The van der Waals surface area contributed by atoms with Crippen molar-refractivity contribution in [2.45, 2.75) is 58.6 Å². The lowest BCUT2D eigenvalue weighted by Crippen LogP contribution is -2.48. The molecular weight excluding hydrogens is 274 g/mol. The first kappa shape index (κ1) is 17.0. The van der Waals surface area contributed by atoms with Crippen LogP contribution in [0, 0.1) is 0 Å². The maximum Gasteiger partial charge on any atom is 0.407 e. The fourth-order valence-electron chi connectivity index (χ4n) is 2.15. The number of alkyl carbamates (subject to hydrolysis) is 1. The molecule has 1 aliphatic heterocycles. The van der Waals surface area contributed by atoms with E-state index in [0.29, 0.717) is 19.1 Å². The number of carbonyl (C=O) groups is 1. The molecule has 5 nitrogen and oxygen atoms in total. The molecule has 0 spiro atoms. The number of nitrogens with one attached hydrogen (secondary N) is 2. The van der Waals surface area contributed by atoms with E-state index in [1.807, 2.05) is 20.8 Å². The van der Waals surface area contributed by atoms with Gasteiger partial charge in [0.25, 0.3) is 0 Å². The molecule has 1 fully saturated rings. The first-order valence-electron chi connectivity index (χ1n) is 7.31. The number of rotatable bonds is 3. The van der Waals surface area contributed by atoms with Crippen LogP contribution < -0.4 is 10.6 Å². The molecule has 1 saturated heterocycles. The van der Waals surface area contributed by atoms with Crippen molar-refractivity contribution < 1.29 is 9.53 Å². The lowest BCUT2D eigenvalue weighted by atomic mass is 10.0. The van der Waals surface area contributed by atoms with Crippen LogP contribution in [0.1, 0.15) is 47.0 Å². The lowest BCUT2D eigenvalue weighted by Gasteiger charge is -2.35. The van der Waals surface area contributed by atoms with E-state index >= 15 is 0 Å². The first-order chi connectivity index (χ1) is 9.29. The van der Waals surface area contributed by atoms with Crippen LogP contribution >= 0.6 is 12.2 Å². The van der Waals surface area contributed by atoms with Gasteiger partial charge in [-0.1, -0.05) is 0 Å². The number of piperidine rings is 1. The van der Waals surface area contributed by atoms with Crippen molar-refractivity contribution in [1.29, 1.82) is 0 Å². The Morgan fingerprint density at radius 2 is 1.95 bits per heavy atom. The highest BCUT2D eigenvalue weighted by Crippen LogP contribution is 2.16. The Kier molecular flexibility index (Phi) is 6.52. The summed E-state index contributed by atoms with van der Waals surface area (Å²) in [6.07, 6.45) is 3.28. The average molecular weight is 301 g/mol. The van der Waals surface area contributed by atoms with Crippen molar-refractivity contribution in [1.82, 2.24) is 15.5 Å². The van der Waals surface area contributed by atoms with Crippen LogP contribution in [0.2, 0.25) is 0 Å². The van der Waals surface area contributed by atoms with E-state index in [4.69, 9.17) is 17.0 Å². The van der Waals surface area contributed by atoms with Gasteiger partial charge in [0.05, 0.1) is 0 Å². The van der Waals surface area contributed by atoms with Gasteiger partial charge in [-0.05, 0) is 59.2 Å². The molecular formula is C14H27N3O2S. The molecule has 1 unspecified atom stereocenters. The number of likely N-dealkylation sites (tertiary alicyclic amines) is 1. The van der Waals surface area contributed by atoms with Gasteiger partial charge in [-0.15, -0.1) is 0 Å². The normalized spacial score (nSPS) is 19.4. The molecule has 0 saturated carbocycles. The second-order valence-electron chi connectivity index (χ2n) is 6.20. The van der Waals surface area contributed by atoms with Crippen molar-refractivity contribution in [3.05, 3.63) is 0 Å². The summed E-state index contributed by atoms with van der Waals surface area (Å²) >= 11 is 5.39. The van der Waals surface area contributed by atoms with Crippen LogP contribution in [0.25, 0.3) is 0 Å². The van der Waals surface area contributed by atoms with E-state index in [0.717, 1.165) is 11.7 Å². The van der Waals surface area contributed by atoms with E-state index in [2.05, 4.69) is 22.5 Å². The Morgan fingerprint density at radius 3 is 2.55 bits per heavy atom. The molecule has 6 heteroatoms. The molecule has 1 rings (SSSR count). The molecule has 0 bridgehead atoms. The summed E-state index contributed by atoms with van der Waals surface area (Å²) < 4.78 is 5.16. The summed E-state index contributed by atoms with van der Waals surface area (Å²) in [5.74, 6) is 0. The van der Waals surface area contributed by atoms with Gasteiger partial charge >= 0.3 is 6.09 Å². The average Bonchev–Trinajstić information content (AvgIpc) is 2.33. The molecule has 0 aliphatic carbocycles. The molecule has 1 atom stereocenters. The standard InChI is InChI=1S/C14H27N3O2S/c1-11-7-5-6-10-17(11)12(20)15-8-9-16-13(18)19-14(2,3)4/h11H,5-10H2,1-4H3,(H,15,20)(H,16,18). The van der Waals surface area contributed by atoms with Crippen LogP contribution in [-0.4, -0.2) is 47.4 Å². The lowest BCUT2D eigenvalue weighted by molar-refractivity contribution is 0.0529. The van der Waals surface area contributed by atoms with Crippen LogP contribution in [0.5, 0.6) is 0 Å². The van der Waals surface area contributed by atoms with E-state index in [9.17, 15) is 4.79 Å². The number of thiocarbonyl (C=S) groups is 1. The molecule has 0 radical (unpaired) electrons. The smallest absolute Gasteiger partial charge is 0.407 e. The Bertz CT molecular complexity index is 342. The zero-order chi connectivity index (χ0) is 15.2. The SMILES string of the molecule is CC1CCCCN1C(=S)NCCNC(=O)OC(C)(C)C. The molecule has 1 amide bonds. The summed E-state index contributed by atoms with van der Waals surface area (Å²) in [5, 5.41) is 6.68. The zero-order valence-electron chi connectivity index (χ0n) is 13.0. The molecule has 1 heterocycles. The number of carbonyl (C=O) groups excluding carboxylic acids is 1. The molecule has 2 N–H and O–H groups in total. The minimum atomic E-state index is -0.462. The molecule has 20 heavy (non-hydrogen) atoms. The van der Waals surface area contributed by atoms with Crippen molar-refractivity contribution >= 4 is 23.4 Å². The minimum absolute atomic E-state index is 0.392. The van der Waals surface area contributed by atoms with Gasteiger partial charge in [0.15, 0.2) is 5.11 Å². The molecule has 1 aliphatic rings. The third-order valence-electron chi connectivity index (χ3n) is 3.13. The van der Waals surface area contributed by atoms with Gasteiger partial charge in [0.1, 0.15) is 5.60 Å². The van der Waals surface area contributed by atoms with Gasteiger partial charge < -0.3 is 20.3 Å². The predicted octanol–water partition coefficient (Wildman–Crippen LogP) is 2.26. The maximum absolute atomic E-state index is 11.5. The number of ether oxygens (including phenoxy) is 1. The summed E-state index contributed by atoms with van der Waals surface area (Å²) in [4.78, 5) is 13.7. The Hall–Kier alpha value is -1.04. The third-order valence-corrected chi connectivity index (χ3v) is 3.51. The highest BCUT2D eigenvalue weighted by molar-refractivity contribution is 7.80. The van der Waals surface area contributed by atoms with Crippen molar-refractivity contribution in [3.8, 4) is 0 Å². The van der Waals surface area contributed by atoms with Gasteiger partial charge in [0.2, 0.25) is 0 Å².